The molecule has 0 aliphatic carbocycles. The third-order valence-corrected chi connectivity index (χ3v) is 6.09. The van der Waals surface area contributed by atoms with Gasteiger partial charge in [-0.15, -0.1) is 11.3 Å². The van der Waals surface area contributed by atoms with E-state index in [-0.39, 0.29) is 5.91 Å². The van der Waals surface area contributed by atoms with E-state index < -0.39 is 0 Å². The van der Waals surface area contributed by atoms with Gasteiger partial charge in [-0.1, -0.05) is 24.3 Å². The fourth-order valence-corrected chi connectivity index (χ4v) is 4.71. The normalized spacial score (nSPS) is 17.1. The fraction of sp³-hybridized carbons (Fsp3) is 0.381. The molecule has 1 amide bonds. The zero-order chi connectivity index (χ0) is 19.5. The summed E-state index contributed by atoms with van der Waals surface area (Å²) in [7, 11) is 1.94. The molecule has 1 unspecified atom stereocenters. The smallest absolute Gasteiger partial charge is 0.223 e. The molecule has 28 heavy (non-hydrogen) atoms. The average Bonchev–Trinajstić information content (AvgIpc) is 3.39. The van der Waals surface area contributed by atoms with Crippen molar-refractivity contribution < 1.29 is 4.79 Å². The quantitative estimate of drug-likeness (QED) is 0.691. The molecule has 7 heteroatoms. The van der Waals surface area contributed by atoms with Crippen molar-refractivity contribution in [3.63, 3.8) is 0 Å². The molecule has 6 nitrogen and oxygen atoms in total. The highest BCUT2D eigenvalue weighted by atomic mass is 32.1. The Labute approximate surface area is 169 Å². The number of carbonyl (C=O) groups excluding carboxylic acids is 1. The highest BCUT2D eigenvalue weighted by Gasteiger charge is 2.25. The summed E-state index contributed by atoms with van der Waals surface area (Å²) in [4.78, 5) is 19.3. The molecule has 1 atom stereocenters. The van der Waals surface area contributed by atoms with Crippen molar-refractivity contribution in [1.29, 1.82) is 0 Å². The lowest BCUT2D eigenvalue weighted by atomic mass is 10.1. The number of thiazole rings is 1. The molecule has 1 saturated heterocycles. The number of nitrogens with zero attached hydrogens (tertiary/aromatic N) is 4. The van der Waals surface area contributed by atoms with Gasteiger partial charge < -0.3 is 5.32 Å². The minimum atomic E-state index is -0.0712. The van der Waals surface area contributed by atoms with Crippen LogP contribution in [0.2, 0.25) is 0 Å². The van der Waals surface area contributed by atoms with Crippen molar-refractivity contribution in [3.05, 3.63) is 53.3 Å². The maximum Gasteiger partial charge on any atom is 0.223 e. The van der Waals surface area contributed by atoms with Crippen molar-refractivity contribution in [2.24, 2.45) is 7.05 Å². The van der Waals surface area contributed by atoms with E-state index in [9.17, 15) is 4.79 Å². The molecular formula is C21H25N5OS. The summed E-state index contributed by atoms with van der Waals surface area (Å²) in [5.74, 6) is -0.0712. The van der Waals surface area contributed by atoms with Gasteiger partial charge in [0.2, 0.25) is 5.91 Å². The number of hydrogen-bond donors (Lipinski definition) is 1. The van der Waals surface area contributed by atoms with Crippen LogP contribution in [0.1, 0.15) is 30.2 Å². The Kier molecular flexibility index (Phi) is 5.54. The van der Waals surface area contributed by atoms with Crippen LogP contribution in [0.5, 0.6) is 0 Å². The van der Waals surface area contributed by atoms with Crippen molar-refractivity contribution in [2.45, 2.75) is 38.8 Å². The van der Waals surface area contributed by atoms with E-state index in [0.717, 1.165) is 25.1 Å². The molecule has 0 spiro atoms. The summed E-state index contributed by atoms with van der Waals surface area (Å²) in [6.07, 6.45) is 9.27. The van der Waals surface area contributed by atoms with E-state index in [2.05, 4.69) is 44.6 Å². The van der Waals surface area contributed by atoms with Gasteiger partial charge in [0.05, 0.1) is 6.20 Å². The van der Waals surface area contributed by atoms with Crippen LogP contribution in [-0.2, 0) is 24.8 Å². The van der Waals surface area contributed by atoms with Gasteiger partial charge >= 0.3 is 0 Å². The Bertz CT molecular complexity index is 946. The van der Waals surface area contributed by atoms with Crippen LogP contribution in [-0.4, -0.2) is 38.2 Å². The first-order valence-electron chi connectivity index (χ1n) is 9.61. The Hall–Kier alpha value is -2.51. The number of aromatic nitrogens is 3. The number of hydrogen-bond acceptors (Lipinski definition) is 5. The predicted molar refractivity (Wildman–Crippen MR) is 112 cm³/mol. The third kappa shape index (κ3) is 4.48. The number of anilines is 1. The number of likely N-dealkylation sites (tertiary alicyclic amines) is 1. The van der Waals surface area contributed by atoms with Gasteiger partial charge in [0.15, 0.2) is 5.13 Å². The zero-order valence-electron chi connectivity index (χ0n) is 16.3. The highest BCUT2D eigenvalue weighted by Crippen LogP contribution is 2.27. The molecule has 3 heterocycles. The summed E-state index contributed by atoms with van der Waals surface area (Å²) >= 11 is 1.58. The Balaban J connectivity index is 1.38. The van der Waals surface area contributed by atoms with Gasteiger partial charge in [-0.05, 0) is 36.9 Å². The molecule has 2 aromatic heterocycles. The summed E-state index contributed by atoms with van der Waals surface area (Å²) in [5, 5.41) is 7.71. The summed E-state index contributed by atoms with van der Waals surface area (Å²) < 4.78 is 1.83. The molecule has 3 aromatic rings. The first-order chi connectivity index (χ1) is 13.6. The standard InChI is InChI=1S/C21H25N5OS/c1-15(27)24-21-22-12-20(28-21)10-19-4-3-9-26(19)13-16-5-7-17(8-6-16)18-11-23-25(2)14-18/h5-8,11-12,14,19H,3-4,9-10,13H2,1-2H3,(H,22,24,27). The second kappa shape index (κ2) is 8.24. The lowest BCUT2D eigenvalue weighted by Crippen LogP contribution is -2.30. The molecule has 0 radical (unpaired) electrons. The van der Waals surface area contributed by atoms with E-state index in [1.54, 1.807) is 11.3 Å². The summed E-state index contributed by atoms with van der Waals surface area (Å²) in [5.41, 5.74) is 3.68. The lowest BCUT2D eigenvalue weighted by Gasteiger charge is -2.24. The topological polar surface area (TPSA) is 63.1 Å². The first kappa shape index (κ1) is 18.8. The molecule has 0 saturated carbocycles. The number of benzene rings is 1. The molecule has 1 N–H and O–H groups in total. The van der Waals surface area contributed by atoms with E-state index in [0.29, 0.717) is 11.2 Å². The van der Waals surface area contributed by atoms with Crippen molar-refractivity contribution >= 4 is 22.4 Å². The van der Waals surface area contributed by atoms with E-state index in [1.165, 1.54) is 35.8 Å². The summed E-state index contributed by atoms with van der Waals surface area (Å²) in [6, 6.07) is 9.34. The number of amides is 1. The largest absolute Gasteiger partial charge is 0.302 e. The SMILES string of the molecule is CC(=O)Nc1ncc(CC2CCCN2Cc2ccc(-c3cnn(C)c3)cc2)s1. The van der Waals surface area contributed by atoms with E-state index in [4.69, 9.17) is 0 Å². The van der Waals surface area contributed by atoms with Gasteiger partial charge in [-0.25, -0.2) is 4.98 Å². The first-order valence-corrected chi connectivity index (χ1v) is 10.4. The van der Waals surface area contributed by atoms with E-state index in [1.807, 2.05) is 30.3 Å². The van der Waals surface area contributed by atoms with Gasteiger partial charge in [-0.2, -0.15) is 5.10 Å². The summed E-state index contributed by atoms with van der Waals surface area (Å²) in [6.45, 7) is 3.61. The predicted octanol–water partition coefficient (Wildman–Crippen LogP) is 3.71. The van der Waals surface area contributed by atoms with Crippen LogP contribution in [0.15, 0.2) is 42.9 Å². The molecule has 146 valence electrons. The Morgan fingerprint density at radius 2 is 2.07 bits per heavy atom. The average molecular weight is 396 g/mol. The molecule has 1 fully saturated rings. The van der Waals surface area contributed by atoms with Gasteiger partial charge in [0, 0.05) is 49.4 Å². The molecule has 1 aromatic carbocycles. The maximum atomic E-state index is 11.2. The van der Waals surface area contributed by atoms with Crippen molar-refractivity contribution in [1.82, 2.24) is 19.7 Å². The molecule has 0 bridgehead atoms. The van der Waals surface area contributed by atoms with Crippen molar-refractivity contribution in [2.75, 3.05) is 11.9 Å². The second-order valence-electron chi connectivity index (χ2n) is 7.38. The van der Waals surface area contributed by atoms with Crippen LogP contribution in [0.25, 0.3) is 11.1 Å². The Morgan fingerprint density at radius 1 is 1.25 bits per heavy atom. The maximum absolute atomic E-state index is 11.2. The minimum absolute atomic E-state index is 0.0712. The zero-order valence-corrected chi connectivity index (χ0v) is 17.1. The van der Waals surface area contributed by atoms with Crippen molar-refractivity contribution in [3.8, 4) is 11.1 Å². The molecule has 1 aliphatic heterocycles. The number of rotatable bonds is 6. The van der Waals surface area contributed by atoms with Crippen LogP contribution in [0, 0.1) is 0 Å². The second-order valence-corrected chi connectivity index (χ2v) is 8.50. The number of aryl methyl sites for hydroxylation is 1. The Morgan fingerprint density at radius 3 is 2.79 bits per heavy atom. The third-order valence-electron chi connectivity index (χ3n) is 5.15. The molecular weight excluding hydrogens is 370 g/mol. The van der Waals surface area contributed by atoms with Gasteiger partial charge in [-0.3, -0.25) is 14.4 Å². The van der Waals surface area contributed by atoms with Gasteiger partial charge in [0.25, 0.3) is 0 Å². The van der Waals surface area contributed by atoms with Crippen LogP contribution < -0.4 is 5.32 Å². The minimum Gasteiger partial charge on any atom is -0.302 e. The monoisotopic (exact) mass is 395 g/mol. The molecule has 1 aliphatic rings. The van der Waals surface area contributed by atoms with Crippen LogP contribution in [0.4, 0.5) is 5.13 Å². The number of carbonyl (C=O) groups is 1. The van der Waals surface area contributed by atoms with Crippen LogP contribution >= 0.6 is 11.3 Å². The number of nitrogens with one attached hydrogen (secondary N) is 1. The van der Waals surface area contributed by atoms with Crippen LogP contribution in [0.3, 0.4) is 0 Å². The van der Waals surface area contributed by atoms with Gasteiger partial charge in [0.1, 0.15) is 0 Å². The highest BCUT2D eigenvalue weighted by molar-refractivity contribution is 7.15. The molecule has 4 rings (SSSR count). The fourth-order valence-electron chi connectivity index (χ4n) is 3.78. The lowest BCUT2D eigenvalue weighted by molar-refractivity contribution is -0.114. The van der Waals surface area contributed by atoms with E-state index >= 15 is 0 Å².